The van der Waals surface area contributed by atoms with Crippen LogP contribution in [0.15, 0.2) is 42.2 Å². The third-order valence-corrected chi connectivity index (χ3v) is 3.10. The van der Waals surface area contributed by atoms with E-state index in [0.29, 0.717) is 17.1 Å². The number of hydrogen-bond acceptors (Lipinski definition) is 5. The molecule has 1 aliphatic heterocycles. The number of rotatable bonds is 4. The van der Waals surface area contributed by atoms with Crippen molar-refractivity contribution in [3.05, 3.63) is 47.8 Å². The van der Waals surface area contributed by atoms with Gasteiger partial charge in [0.25, 0.3) is 0 Å². The van der Waals surface area contributed by atoms with Crippen LogP contribution in [0.5, 0.6) is 5.75 Å². The Morgan fingerprint density at radius 3 is 2.90 bits per heavy atom. The minimum Gasteiger partial charge on any atom is -0.497 e. The lowest BCUT2D eigenvalue weighted by atomic mass is 10.0. The molecule has 0 bridgehead atoms. The first-order valence-corrected chi connectivity index (χ1v) is 6.59. The van der Waals surface area contributed by atoms with Gasteiger partial charge in [-0.05, 0) is 30.7 Å². The number of ketones is 1. The van der Waals surface area contributed by atoms with Crippen molar-refractivity contribution in [3.8, 4) is 5.75 Å². The highest BCUT2D eigenvalue weighted by molar-refractivity contribution is 6.15. The molecule has 5 nitrogen and oxygen atoms in total. The molecule has 1 aromatic carbocycles. The molecule has 1 aromatic rings. The molecule has 1 atom stereocenters. The number of hydrogen-bond donors (Lipinski definition) is 1. The predicted molar refractivity (Wildman–Crippen MR) is 78.4 cm³/mol. The molecule has 0 amide bonds. The average Bonchev–Trinajstić information content (AvgIpc) is 2.74. The highest BCUT2D eigenvalue weighted by Crippen LogP contribution is 2.25. The maximum atomic E-state index is 12.3. The lowest BCUT2D eigenvalue weighted by molar-refractivity contribution is -0.148. The fraction of sp³-hybridized carbons (Fsp3) is 0.250. The second-order valence-electron chi connectivity index (χ2n) is 4.53. The molecule has 5 heteroatoms. The number of esters is 1. The first-order valence-electron chi connectivity index (χ1n) is 6.59. The SMILES string of the molecule is C=C1NC(=Cc2cccc(OC)c2)C(=O)C1C(=O)OCC. The van der Waals surface area contributed by atoms with Crippen molar-refractivity contribution in [2.75, 3.05) is 13.7 Å². The van der Waals surface area contributed by atoms with Crippen LogP contribution in [0.25, 0.3) is 6.08 Å². The van der Waals surface area contributed by atoms with E-state index >= 15 is 0 Å². The largest absolute Gasteiger partial charge is 0.497 e. The molecule has 2 rings (SSSR count). The van der Waals surface area contributed by atoms with Crippen LogP contribution >= 0.6 is 0 Å². The number of benzene rings is 1. The number of Topliss-reactive ketones (excluding diaryl/α,β-unsaturated/α-hetero) is 1. The minimum absolute atomic E-state index is 0.227. The van der Waals surface area contributed by atoms with Crippen LogP contribution in [0.3, 0.4) is 0 Å². The molecule has 1 fully saturated rings. The topological polar surface area (TPSA) is 64.6 Å². The van der Waals surface area contributed by atoms with E-state index in [4.69, 9.17) is 9.47 Å². The Morgan fingerprint density at radius 2 is 2.24 bits per heavy atom. The standard InChI is InChI=1S/C16H17NO4/c1-4-21-16(19)14-10(2)17-13(15(14)18)9-11-6-5-7-12(8-11)20-3/h5-9,14,17H,2,4H2,1,3H3. The highest BCUT2D eigenvalue weighted by Gasteiger charge is 2.39. The Kier molecular flexibility index (Phi) is 4.42. The summed E-state index contributed by atoms with van der Waals surface area (Å²) in [6.45, 7) is 5.64. The monoisotopic (exact) mass is 287 g/mol. The van der Waals surface area contributed by atoms with Gasteiger partial charge in [0.1, 0.15) is 5.75 Å². The first kappa shape index (κ1) is 14.8. The van der Waals surface area contributed by atoms with E-state index < -0.39 is 11.9 Å². The van der Waals surface area contributed by atoms with E-state index in [1.807, 2.05) is 18.2 Å². The zero-order valence-corrected chi connectivity index (χ0v) is 12.0. The van der Waals surface area contributed by atoms with Gasteiger partial charge in [-0.25, -0.2) is 0 Å². The quantitative estimate of drug-likeness (QED) is 0.520. The fourth-order valence-electron chi connectivity index (χ4n) is 2.10. The van der Waals surface area contributed by atoms with Crippen LogP contribution < -0.4 is 10.1 Å². The second-order valence-corrected chi connectivity index (χ2v) is 4.53. The van der Waals surface area contributed by atoms with Gasteiger partial charge in [-0.2, -0.15) is 0 Å². The molecule has 1 saturated heterocycles. The second kappa shape index (κ2) is 6.26. The Morgan fingerprint density at radius 1 is 1.48 bits per heavy atom. The molecule has 1 unspecified atom stereocenters. The number of carbonyl (C=O) groups is 2. The molecule has 21 heavy (non-hydrogen) atoms. The van der Waals surface area contributed by atoms with Crippen LogP contribution in [-0.4, -0.2) is 25.5 Å². The number of methoxy groups -OCH3 is 1. The summed E-state index contributed by atoms with van der Waals surface area (Å²) >= 11 is 0. The summed E-state index contributed by atoms with van der Waals surface area (Å²) < 4.78 is 10.0. The summed E-state index contributed by atoms with van der Waals surface area (Å²) in [7, 11) is 1.57. The fourth-order valence-corrected chi connectivity index (χ4v) is 2.10. The minimum atomic E-state index is -0.971. The van der Waals surface area contributed by atoms with Crippen molar-refractivity contribution in [2.45, 2.75) is 6.92 Å². The molecule has 0 aliphatic carbocycles. The number of nitrogens with one attached hydrogen (secondary N) is 1. The number of carbonyl (C=O) groups excluding carboxylic acids is 2. The van der Waals surface area contributed by atoms with Gasteiger partial charge in [0.2, 0.25) is 0 Å². The zero-order valence-electron chi connectivity index (χ0n) is 12.0. The van der Waals surface area contributed by atoms with Crippen molar-refractivity contribution in [2.24, 2.45) is 5.92 Å². The van der Waals surface area contributed by atoms with Gasteiger partial charge >= 0.3 is 5.97 Å². The van der Waals surface area contributed by atoms with E-state index in [1.54, 1.807) is 26.2 Å². The summed E-state index contributed by atoms with van der Waals surface area (Å²) in [4.78, 5) is 24.0. The van der Waals surface area contributed by atoms with Gasteiger partial charge in [0.05, 0.1) is 19.4 Å². The van der Waals surface area contributed by atoms with Crippen LogP contribution in [0.1, 0.15) is 12.5 Å². The van der Waals surface area contributed by atoms with Crippen LogP contribution in [0, 0.1) is 5.92 Å². The number of ether oxygens (including phenoxy) is 2. The van der Waals surface area contributed by atoms with E-state index in [-0.39, 0.29) is 12.4 Å². The smallest absolute Gasteiger partial charge is 0.322 e. The van der Waals surface area contributed by atoms with Crippen LogP contribution in [-0.2, 0) is 14.3 Å². The average molecular weight is 287 g/mol. The zero-order chi connectivity index (χ0) is 15.4. The predicted octanol–water partition coefficient (Wildman–Crippen LogP) is 1.90. The molecular formula is C16H17NO4. The van der Waals surface area contributed by atoms with Crippen molar-refractivity contribution in [1.82, 2.24) is 5.32 Å². The molecule has 1 heterocycles. The van der Waals surface area contributed by atoms with Crippen LogP contribution in [0.4, 0.5) is 0 Å². The third kappa shape index (κ3) is 3.13. The van der Waals surface area contributed by atoms with E-state index in [1.165, 1.54) is 0 Å². The Balaban J connectivity index is 2.25. The van der Waals surface area contributed by atoms with Gasteiger partial charge in [0, 0.05) is 5.70 Å². The normalized spacial score (nSPS) is 19.5. The summed E-state index contributed by atoms with van der Waals surface area (Å²) in [5.41, 5.74) is 1.46. The molecule has 0 saturated carbocycles. The van der Waals surface area contributed by atoms with Gasteiger partial charge in [-0.3, -0.25) is 9.59 Å². The summed E-state index contributed by atoms with van der Waals surface area (Å²) in [5, 5.41) is 2.85. The third-order valence-electron chi connectivity index (χ3n) is 3.10. The van der Waals surface area contributed by atoms with E-state index in [9.17, 15) is 9.59 Å². The molecule has 0 radical (unpaired) electrons. The van der Waals surface area contributed by atoms with Gasteiger partial charge in [-0.1, -0.05) is 18.7 Å². The van der Waals surface area contributed by atoms with Crippen molar-refractivity contribution >= 4 is 17.8 Å². The first-order chi connectivity index (χ1) is 10.1. The van der Waals surface area contributed by atoms with Crippen molar-refractivity contribution in [1.29, 1.82) is 0 Å². The van der Waals surface area contributed by atoms with E-state index in [2.05, 4.69) is 11.9 Å². The van der Waals surface area contributed by atoms with Gasteiger partial charge < -0.3 is 14.8 Å². The highest BCUT2D eigenvalue weighted by atomic mass is 16.5. The Labute approximate surface area is 123 Å². The molecule has 110 valence electrons. The summed E-state index contributed by atoms with van der Waals surface area (Å²) in [6, 6.07) is 7.27. The van der Waals surface area contributed by atoms with Crippen LogP contribution in [0.2, 0.25) is 0 Å². The van der Waals surface area contributed by atoms with Gasteiger partial charge in [0.15, 0.2) is 11.7 Å². The van der Waals surface area contributed by atoms with Crippen molar-refractivity contribution < 1.29 is 19.1 Å². The molecule has 1 aliphatic rings. The van der Waals surface area contributed by atoms with Crippen molar-refractivity contribution in [3.63, 3.8) is 0 Å². The summed E-state index contributed by atoms with van der Waals surface area (Å²) in [6.07, 6.45) is 1.66. The molecule has 0 spiro atoms. The Bertz CT molecular complexity index is 618. The van der Waals surface area contributed by atoms with Gasteiger partial charge in [-0.15, -0.1) is 0 Å². The lowest BCUT2D eigenvalue weighted by Gasteiger charge is -2.06. The Hall–Kier alpha value is -2.56. The molecular weight excluding hydrogens is 270 g/mol. The molecule has 1 N–H and O–H groups in total. The maximum absolute atomic E-state index is 12.3. The van der Waals surface area contributed by atoms with E-state index in [0.717, 1.165) is 5.56 Å². The molecule has 0 aromatic heterocycles. The maximum Gasteiger partial charge on any atom is 0.322 e. The lowest BCUT2D eigenvalue weighted by Crippen LogP contribution is -2.23. The number of allylic oxidation sites excluding steroid dienone is 1. The summed E-state index contributed by atoms with van der Waals surface area (Å²) in [5.74, 6) is -1.19.